The van der Waals surface area contributed by atoms with E-state index in [9.17, 15) is 9.18 Å². The number of nitrogen functional groups attached to an aromatic ring is 1. The molecule has 2 amide bonds. The molecule has 0 aliphatic rings. The summed E-state index contributed by atoms with van der Waals surface area (Å²) in [6.45, 7) is 2.38. The van der Waals surface area contributed by atoms with E-state index in [1.807, 2.05) is 6.92 Å². The SMILES string of the molecule is CCN(C)C(=O)Nc1cc(N)ccc1F. The molecule has 3 N–H and O–H groups in total. The van der Waals surface area contributed by atoms with Crippen molar-refractivity contribution in [2.24, 2.45) is 0 Å². The van der Waals surface area contributed by atoms with Gasteiger partial charge in [-0.1, -0.05) is 0 Å². The van der Waals surface area contributed by atoms with Gasteiger partial charge in [0.05, 0.1) is 5.69 Å². The van der Waals surface area contributed by atoms with Crippen molar-refractivity contribution < 1.29 is 9.18 Å². The van der Waals surface area contributed by atoms with Gasteiger partial charge in [0.25, 0.3) is 0 Å². The molecule has 0 heterocycles. The molecule has 82 valence electrons. The van der Waals surface area contributed by atoms with Gasteiger partial charge in [-0.05, 0) is 25.1 Å². The Balaban J connectivity index is 2.80. The third-order valence-corrected chi connectivity index (χ3v) is 2.05. The number of rotatable bonds is 2. The highest BCUT2D eigenvalue weighted by atomic mass is 19.1. The predicted octanol–water partition coefficient (Wildman–Crippen LogP) is 1.89. The van der Waals surface area contributed by atoms with Gasteiger partial charge in [0, 0.05) is 19.3 Å². The van der Waals surface area contributed by atoms with Gasteiger partial charge in [0.15, 0.2) is 0 Å². The predicted molar refractivity (Wildman–Crippen MR) is 58.1 cm³/mol. The highest BCUT2D eigenvalue weighted by Gasteiger charge is 2.09. The van der Waals surface area contributed by atoms with E-state index in [0.717, 1.165) is 0 Å². The second kappa shape index (κ2) is 4.63. The molecule has 15 heavy (non-hydrogen) atoms. The van der Waals surface area contributed by atoms with Gasteiger partial charge >= 0.3 is 6.03 Å². The molecular weight excluding hydrogens is 197 g/mol. The summed E-state index contributed by atoms with van der Waals surface area (Å²) in [4.78, 5) is 12.8. The Morgan fingerprint density at radius 2 is 2.27 bits per heavy atom. The Morgan fingerprint density at radius 3 is 2.87 bits per heavy atom. The monoisotopic (exact) mass is 211 g/mol. The molecule has 0 aromatic heterocycles. The fourth-order valence-corrected chi connectivity index (χ4v) is 0.993. The third-order valence-electron chi connectivity index (χ3n) is 2.05. The van der Waals surface area contributed by atoms with Crippen molar-refractivity contribution in [1.29, 1.82) is 0 Å². The average molecular weight is 211 g/mol. The van der Waals surface area contributed by atoms with E-state index in [-0.39, 0.29) is 11.7 Å². The fraction of sp³-hybridized carbons (Fsp3) is 0.300. The summed E-state index contributed by atoms with van der Waals surface area (Å²) in [5, 5.41) is 2.43. The lowest BCUT2D eigenvalue weighted by Gasteiger charge is -2.15. The number of hydrogen-bond donors (Lipinski definition) is 2. The molecule has 0 radical (unpaired) electrons. The molecule has 0 atom stereocenters. The number of carbonyl (C=O) groups is 1. The second-order valence-electron chi connectivity index (χ2n) is 3.18. The van der Waals surface area contributed by atoms with Crippen LogP contribution in [0.3, 0.4) is 0 Å². The maximum Gasteiger partial charge on any atom is 0.321 e. The number of benzene rings is 1. The van der Waals surface area contributed by atoms with Gasteiger partial charge in [-0.15, -0.1) is 0 Å². The average Bonchev–Trinajstić information content (AvgIpc) is 2.22. The molecule has 0 bridgehead atoms. The van der Waals surface area contributed by atoms with E-state index in [1.165, 1.54) is 23.1 Å². The van der Waals surface area contributed by atoms with Crippen LogP contribution in [0.1, 0.15) is 6.92 Å². The first-order valence-corrected chi connectivity index (χ1v) is 4.61. The molecule has 1 rings (SSSR count). The highest BCUT2D eigenvalue weighted by Crippen LogP contribution is 2.17. The molecule has 0 saturated heterocycles. The Bertz CT molecular complexity index is 368. The number of hydrogen-bond acceptors (Lipinski definition) is 2. The van der Waals surface area contributed by atoms with Crippen LogP contribution in [0, 0.1) is 5.82 Å². The highest BCUT2D eigenvalue weighted by molar-refractivity contribution is 5.89. The summed E-state index contributed by atoms with van der Waals surface area (Å²) < 4.78 is 13.2. The van der Waals surface area contributed by atoms with Crippen molar-refractivity contribution >= 4 is 17.4 Å². The van der Waals surface area contributed by atoms with E-state index < -0.39 is 5.82 Å². The van der Waals surface area contributed by atoms with E-state index in [0.29, 0.717) is 12.2 Å². The number of nitrogens with two attached hydrogens (primary N) is 1. The Kier molecular flexibility index (Phi) is 3.49. The van der Waals surface area contributed by atoms with Crippen LogP contribution in [-0.2, 0) is 0 Å². The summed E-state index contributed by atoms with van der Waals surface area (Å²) in [6.07, 6.45) is 0. The molecule has 5 heteroatoms. The van der Waals surface area contributed by atoms with Gasteiger partial charge in [-0.25, -0.2) is 9.18 Å². The van der Waals surface area contributed by atoms with Crippen molar-refractivity contribution in [2.45, 2.75) is 6.92 Å². The first-order valence-electron chi connectivity index (χ1n) is 4.61. The van der Waals surface area contributed by atoms with Crippen LogP contribution in [0.4, 0.5) is 20.6 Å². The van der Waals surface area contributed by atoms with Gasteiger partial charge in [-0.3, -0.25) is 0 Å². The summed E-state index contributed by atoms with van der Waals surface area (Å²) in [5.41, 5.74) is 5.99. The zero-order valence-electron chi connectivity index (χ0n) is 8.75. The van der Waals surface area contributed by atoms with Crippen LogP contribution in [0.5, 0.6) is 0 Å². The van der Waals surface area contributed by atoms with Crippen molar-refractivity contribution in [1.82, 2.24) is 4.90 Å². The lowest BCUT2D eigenvalue weighted by atomic mass is 10.2. The minimum atomic E-state index is -0.498. The maximum absolute atomic E-state index is 13.2. The first kappa shape index (κ1) is 11.3. The molecule has 0 fully saturated rings. The fourth-order valence-electron chi connectivity index (χ4n) is 0.993. The summed E-state index contributed by atoms with van der Waals surface area (Å²) in [5.74, 6) is -0.498. The zero-order valence-corrected chi connectivity index (χ0v) is 8.75. The lowest BCUT2D eigenvalue weighted by molar-refractivity contribution is 0.224. The van der Waals surface area contributed by atoms with Crippen LogP contribution in [0.2, 0.25) is 0 Å². The van der Waals surface area contributed by atoms with E-state index in [4.69, 9.17) is 5.73 Å². The van der Waals surface area contributed by atoms with Gasteiger partial charge in [0.2, 0.25) is 0 Å². The largest absolute Gasteiger partial charge is 0.399 e. The van der Waals surface area contributed by atoms with Crippen LogP contribution in [0.15, 0.2) is 18.2 Å². The topological polar surface area (TPSA) is 58.4 Å². The molecular formula is C10H14FN3O. The number of carbonyl (C=O) groups excluding carboxylic acids is 1. The Morgan fingerprint density at radius 1 is 1.60 bits per heavy atom. The molecule has 1 aromatic carbocycles. The Labute approximate surface area is 87.9 Å². The summed E-state index contributed by atoms with van der Waals surface area (Å²) in [6, 6.07) is 3.68. The molecule has 4 nitrogen and oxygen atoms in total. The summed E-state index contributed by atoms with van der Waals surface area (Å²) in [7, 11) is 1.62. The van der Waals surface area contributed by atoms with Crippen molar-refractivity contribution in [3.05, 3.63) is 24.0 Å². The van der Waals surface area contributed by atoms with Crippen LogP contribution in [-0.4, -0.2) is 24.5 Å². The quantitative estimate of drug-likeness (QED) is 0.734. The van der Waals surface area contributed by atoms with Crippen molar-refractivity contribution in [2.75, 3.05) is 24.6 Å². The molecule has 0 spiro atoms. The number of halogens is 1. The number of nitrogens with zero attached hydrogens (tertiary/aromatic N) is 1. The summed E-state index contributed by atoms with van der Waals surface area (Å²) >= 11 is 0. The smallest absolute Gasteiger partial charge is 0.321 e. The number of nitrogens with one attached hydrogen (secondary N) is 1. The van der Waals surface area contributed by atoms with E-state index in [2.05, 4.69) is 5.32 Å². The molecule has 1 aromatic rings. The van der Waals surface area contributed by atoms with Gasteiger partial charge in [-0.2, -0.15) is 0 Å². The van der Waals surface area contributed by atoms with Crippen LogP contribution in [0.25, 0.3) is 0 Å². The minimum Gasteiger partial charge on any atom is -0.399 e. The lowest BCUT2D eigenvalue weighted by Crippen LogP contribution is -2.31. The molecule has 0 aliphatic carbocycles. The third kappa shape index (κ3) is 2.83. The number of urea groups is 1. The molecule has 0 saturated carbocycles. The van der Waals surface area contributed by atoms with Gasteiger partial charge < -0.3 is 16.0 Å². The maximum atomic E-state index is 13.2. The second-order valence-corrected chi connectivity index (χ2v) is 3.18. The van der Waals surface area contributed by atoms with E-state index in [1.54, 1.807) is 7.05 Å². The standard InChI is InChI=1S/C10H14FN3O/c1-3-14(2)10(15)13-9-6-7(12)4-5-8(9)11/h4-6H,3,12H2,1-2H3,(H,13,15). The normalized spacial score (nSPS) is 9.80. The van der Waals surface area contributed by atoms with Crippen molar-refractivity contribution in [3.8, 4) is 0 Å². The molecule has 0 unspecified atom stereocenters. The van der Waals surface area contributed by atoms with Crippen molar-refractivity contribution in [3.63, 3.8) is 0 Å². The molecule has 0 aliphatic heterocycles. The first-order chi connectivity index (χ1) is 7.04. The van der Waals surface area contributed by atoms with E-state index >= 15 is 0 Å². The number of amides is 2. The van der Waals surface area contributed by atoms with Crippen LogP contribution >= 0.6 is 0 Å². The number of anilines is 2. The zero-order chi connectivity index (χ0) is 11.4. The van der Waals surface area contributed by atoms with Crippen LogP contribution < -0.4 is 11.1 Å². The van der Waals surface area contributed by atoms with Gasteiger partial charge in [0.1, 0.15) is 5.82 Å². The minimum absolute atomic E-state index is 0.0975. The Hall–Kier alpha value is -1.78.